The predicted octanol–water partition coefficient (Wildman–Crippen LogP) is 4.50. The highest BCUT2D eigenvalue weighted by Gasteiger charge is 2.14. The van der Waals surface area contributed by atoms with E-state index in [-0.39, 0.29) is 11.4 Å². The Balaban J connectivity index is 1.44. The number of aromatic hydroxyl groups is 1. The molecule has 0 aliphatic carbocycles. The standard InChI is InChI=1S/C30H28N4O4/c1-33-14-16-34(17-15-33)24-10-8-23(9-11-24)31-19-27-26-18-22(7-12-25(26)29(37)32-30(27)38)21-5-2-20(3-6-21)4-13-28(35)36/h2-13,18-19H,14-17H2,1H3,(H,35,36)(H2,32,37,38)/b13-4+,31-19?. The number of anilines is 1. The molecule has 8 nitrogen and oxygen atoms in total. The van der Waals surface area contributed by atoms with Crippen molar-refractivity contribution in [1.82, 2.24) is 9.88 Å². The van der Waals surface area contributed by atoms with Gasteiger partial charge in [0.05, 0.1) is 11.3 Å². The first-order valence-electron chi connectivity index (χ1n) is 12.4. The molecule has 192 valence electrons. The first-order valence-corrected chi connectivity index (χ1v) is 12.4. The Bertz CT molecular complexity index is 1580. The van der Waals surface area contributed by atoms with Gasteiger partial charge < -0.3 is 20.0 Å². The molecule has 0 spiro atoms. The molecule has 0 amide bonds. The van der Waals surface area contributed by atoms with Crippen molar-refractivity contribution < 1.29 is 15.0 Å². The molecule has 0 saturated carbocycles. The van der Waals surface area contributed by atoms with E-state index in [1.807, 2.05) is 48.5 Å². The Kier molecular flexibility index (Phi) is 7.06. The number of H-pyrrole nitrogens is 1. The summed E-state index contributed by atoms with van der Waals surface area (Å²) in [5.74, 6) is -1.25. The van der Waals surface area contributed by atoms with Crippen LogP contribution < -0.4 is 10.5 Å². The van der Waals surface area contributed by atoms with E-state index in [4.69, 9.17) is 5.11 Å². The van der Waals surface area contributed by atoms with Crippen molar-refractivity contribution in [2.24, 2.45) is 4.99 Å². The molecular formula is C30H28N4O4. The zero-order chi connectivity index (χ0) is 26.6. The van der Waals surface area contributed by atoms with Crippen LogP contribution in [0.25, 0.3) is 28.0 Å². The van der Waals surface area contributed by atoms with Crippen molar-refractivity contribution in [2.75, 3.05) is 38.1 Å². The van der Waals surface area contributed by atoms with Gasteiger partial charge in [0.2, 0.25) is 5.88 Å². The monoisotopic (exact) mass is 508 g/mol. The molecule has 0 unspecified atom stereocenters. The molecule has 4 aromatic rings. The third-order valence-electron chi connectivity index (χ3n) is 6.76. The van der Waals surface area contributed by atoms with Crippen molar-refractivity contribution in [3.05, 3.63) is 94.3 Å². The number of rotatable bonds is 6. The third-order valence-corrected chi connectivity index (χ3v) is 6.76. The van der Waals surface area contributed by atoms with E-state index < -0.39 is 5.97 Å². The lowest BCUT2D eigenvalue weighted by Gasteiger charge is -2.34. The zero-order valence-electron chi connectivity index (χ0n) is 21.0. The van der Waals surface area contributed by atoms with Crippen molar-refractivity contribution in [3.8, 4) is 17.0 Å². The summed E-state index contributed by atoms with van der Waals surface area (Å²) in [6, 6.07) is 20.8. The van der Waals surface area contributed by atoms with Gasteiger partial charge >= 0.3 is 5.97 Å². The number of carbonyl (C=O) groups is 1. The van der Waals surface area contributed by atoms with E-state index in [9.17, 15) is 14.7 Å². The predicted molar refractivity (Wildman–Crippen MR) is 152 cm³/mol. The Morgan fingerprint density at radius 1 is 0.921 bits per heavy atom. The number of aromatic amines is 1. The third kappa shape index (κ3) is 5.50. The van der Waals surface area contributed by atoms with Crippen LogP contribution in [0.5, 0.6) is 5.88 Å². The summed E-state index contributed by atoms with van der Waals surface area (Å²) in [7, 11) is 2.13. The van der Waals surface area contributed by atoms with Gasteiger partial charge in [-0.15, -0.1) is 0 Å². The first kappa shape index (κ1) is 25.0. The first-order chi connectivity index (χ1) is 18.4. The summed E-state index contributed by atoms with van der Waals surface area (Å²) in [5, 5.41) is 20.4. The minimum absolute atomic E-state index is 0.244. The fraction of sp³-hybridized carbons (Fsp3) is 0.167. The molecule has 0 atom stereocenters. The second-order valence-corrected chi connectivity index (χ2v) is 9.34. The van der Waals surface area contributed by atoms with Crippen molar-refractivity contribution in [3.63, 3.8) is 0 Å². The fourth-order valence-corrected chi connectivity index (χ4v) is 4.55. The Hall–Kier alpha value is -4.69. The highest BCUT2D eigenvalue weighted by Crippen LogP contribution is 2.28. The molecular weight excluding hydrogens is 480 g/mol. The molecule has 1 aromatic heterocycles. The highest BCUT2D eigenvalue weighted by molar-refractivity contribution is 6.03. The number of aliphatic imine (C=N–C) groups is 1. The van der Waals surface area contributed by atoms with Crippen LogP contribution in [-0.4, -0.2) is 65.5 Å². The van der Waals surface area contributed by atoms with Crippen molar-refractivity contribution >= 4 is 40.4 Å². The van der Waals surface area contributed by atoms with Gasteiger partial charge in [0.25, 0.3) is 5.56 Å². The number of fused-ring (bicyclic) bond motifs is 1. The van der Waals surface area contributed by atoms with Crippen LogP contribution in [0.2, 0.25) is 0 Å². The molecule has 1 aliphatic heterocycles. The van der Waals surface area contributed by atoms with Gasteiger partial charge in [0.15, 0.2) is 0 Å². The number of aliphatic carboxylic acids is 1. The average molecular weight is 509 g/mol. The largest absolute Gasteiger partial charge is 0.494 e. The average Bonchev–Trinajstić information content (AvgIpc) is 2.92. The van der Waals surface area contributed by atoms with Crippen molar-refractivity contribution in [1.29, 1.82) is 0 Å². The lowest BCUT2D eigenvalue weighted by Crippen LogP contribution is -2.44. The molecule has 2 heterocycles. The topological polar surface area (TPSA) is 109 Å². The molecule has 1 saturated heterocycles. The summed E-state index contributed by atoms with van der Waals surface area (Å²) in [6.45, 7) is 4.04. The molecule has 3 aromatic carbocycles. The number of pyridine rings is 1. The number of benzene rings is 3. The van der Waals surface area contributed by atoms with E-state index in [0.29, 0.717) is 16.3 Å². The normalized spacial score (nSPS) is 14.6. The number of aromatic nitrogens is 1. The number of likely N-dealkylation sites (N-methyl/N-ethyl adjacent to an activating group) is 1. The molecule has 0 bridgehead atoms. The number of carboxylic acid groups (broad SMARTS) is 1. The van der Waals surface area contributed by atoms with Crippen LogP contribution in [0.1, 0.15) is 11.1 Å². The van der Waals surface area contributed by atoms with E-state index in [0.717, 1.165) is 60.3 Å². The summed E-state index contributed by atoms with van der Waals surface area (Å²) in [5.41, 5.74) is 4.44. The van der Waals surface area contributed by atoms with E-state index in [1.165, 1.54) is 6.08 Å². The second-order valence-electron chi connectivity index (χ2n) is 9.34. The van der Waals surface area contributed by atoms with Crippen LogP contribution in [0.4, 0.5) is 11.4 Å². The SMILES string of the molecule is CN1CCN(c2ccc(N=Cc3c(O)[nH]c(=O)c4ccc(-c5ccc(/C=C/C(=O)O)cc5)cc34)cc2)CC1. The minimum Gasteiger partial charge on any atom is -0.494 e. The Labute approximate surface area is 219 Å². The Morgan fingerprint density at radius 2 is 1.61 bits per heavy atom. The van der Waals surface area contributed by atoms with Gasteiger partial charge in [-0.05, 0) is 66.2 Å². The minimum atomic E-state index is -1.01. The molecule has 38 heavy (non-hydrogen) atoms. The number of hydrogen-bond donors (Lipinski definition) is 3. The van der Waals surface area contributed by atoms with Gasteiger partial charge in [-0.3, -0.25) is 14.8 Å². The molecule has 3 N–H and O–H groups in total. The number of nitrogens with zero attached hydrogens (tertiary/aromatic N) is 3. The maximum absolute atomic E-state index is 12.5. The van der Waals surface area contributed by atoms with Crippen LogP contribution in [-0.2, 0) is 4.79 Å². The summed E-state index contributed by atoms with van der Waals surface area (Å²) in [6.07, 6.45) is 4.18. The summed E-state index contributed by atoms with van der Waals surface area (Å²) < 4.78 is 0. The maximum Gasteiger partial charge on any atom is 0.328 e. The van der Waals surface area contributed by atoms with Gasteiger partial charge in [-0.2, -0.15) is 0 Å². The van der Waals surface area contributed by atoms with Gasteiger partial charge in [-0.25, -0.2) is 4.79 Å². The fourth-order valence-electron chi connectivity index (χ4n) is 4.55. The van der Waals surface area contributed by atoms with Crippen LogP contribution >= 0.6 is 0 Å². The quantitative estimate of drug-likeness (QED) is 0.261. The van der Waals surface area contributed by atoms with Gasteiger partial charge in [-0.1, -0.05) is 30.3 Å². The van der Waals surface area contributed by atoms with Crippen molar-refractivity contribution in [2.45, 2.75) is 0 Å². The summed E-state index contributed by atoms with van der Waals surface area (Å²) in [4.78, 5) is 35.0. The molecule has 1 fully saturated rings. The van der Waals surface area contributed by atoms with E-state index >= 15 is 0 Å². The zero-order valence-corrected chi connectivity index (χ0v) is 21.0. The van der Waals surface area contributed by atoms with Gasteiger partial charge in [0, 0.05) is 54.9 Å². The number of piperazine rings is 1. The molecule has 8 heteroatoms. The smallest absolute Gasteiger partial charge is 0.328 e. The van der Waals surface area contributed by atoms with E-state index in [1.54, 1.807) is 12.3 Å². The number of nitrogens with one attached hydrogen (secondary N) is 1. The number of carboxylic acids is 1. The lowest BCUT2D eigenvalue weighted by atomic mass is 9.99. The highest BCUT2D eigenvalue weighted by atomic mass is 16.4. The Morgan fingerprint density at radius 3 is 2.29 bits per heavy atom. The van der Waals surface area contributed by atoms with E-state index in [2.05, 4.69) is 39.0 Å². The molecule has 5 rings (SSSR count). The molecule has 1 aliphatic rings. The lowest BCUT2D eigenvalue weighted by molar-refractivity contribution is -0.131. The van der Waals surface area contributed by atoms with Crippen LogP contribution in [0.15, 0.2) is 82.6 Å². The molecule has 0 radical (unpaired) electrons. The van der Waals surface area contributed by atoms with Crippen LogP contribution in [0, 0.1) is 0 Å². The summed E-state index contributed by atoms with van der Waals surface area (Å²) >= 11 is 0. The second kappa shape index (κ2) is 10.7. The van der Waals surface area contributed by atoms with Gasteiger partial charge in [0.1, 0.15) is 0 Å². The maximum atomic E-state index is 12.5. The number of hydrogen-bond acceptors (Lipinski definition) is 6. The van der Waals surface area contributed by atoms with Crippen LogP contribution in [0.3, 0.4) is 0 Å².